The fourth-order valence-corrected chi connectivity index (χ4v) is 3.01. The van der Waals surface area contributed by atoms with Crippen LogP contribution in [-0.2, 0) is 0 Å². The van der Waals surface area contributed by atoms with Crippen molar-refractivity contribution >= 4 is 64.5 Å². The number of fused-ring (bicyclic) bond motifs is 1. The van der Waals surface area contributed by atoms with Crippen molar-refractivity contribution < 1.29 is 10.2 Å². The smallest absolute Gasteiger partial charge is 0.312 e. The van der Waals surface area contributed by atoms with Crippen molar-refractivity contribution in [3.05, 3.63) is 40.4 Å². The van der Waals surface area contributed by atoms with Gasteiger partial charge in [-0.1, -0.05) is 28.3 Å². The molecule has 0 aromatic carbocycles. The monoisotopic (exact) mass is 449 g/mol. The molecule has 0 radical (unpaired) electrons. The molecule has 1 atom stereocenters. The molecule has 0 aliphatic carbocycles. The Morgan fingerprint density at radius 3 is 2.80 bits per heavy atom. The lowest BCUT2D eigenvalue weighted by molar-refractivity contribution is -0.580. The van der Waals surface area contributed by atoms with Crippen LogP contribution >= 0.6 is 23.2 Å². The molecular weight excluding hydrogens is 431 g/mol. The minimum Gasteiger partial charge on any atom is -0.312 e. The number of urea groups is 1. The second kappa shape index (κ2) is 9.59. The van der Waals surface area contributed by atoms with Gasteiger partial charge in [-0.2, -0.15) is 15.5 Å². The zero-order valence-electron chi connectivity index (χ0n) is 16.0. The molecule has 0 bridgehead atoms. The van der Waals surface area contributed by atoms with Gasteiger partial charge in [0.1, 0.15) is 11.2 Å². The predicted octanol–water partition coefficient (Wildman–Crippen LogP) is 2.19. The fourth-order valence-electron chi connectivity index (χ4n) is 2.63. The van der Waals surface area contributed by atoms with Gasteiger partial charge >= 0.3 is 6.03 Å². The van der Waals surface area contributed by atoms with E-state index in [0.717, 1.165) is 6.21 Å². The Bertz CT molecular complexity index is 1110. The number of nitrogens with one attached hydrogen (secondary N) is 4. The van der Waals surface area contributed by atoms with E-state index in [2.05, 4.69) is 36.1 Å². The molecule has 3 aromatic heterocycles. The van der Waals surface area contributed by atoms with Crippen LogP contribution < -0.4 is 21.4 Å². The van der Waals surface area contributed by atoms with Gasteiger partial charge < -0.3 is 21.4 Å². The van der Waals surface area contributed by atoms with Gasteiger partial charge in [-0.3, -0.25) is 0 Å². The molecule has 156 valence electrons. The number of aromatic nitrogens is 4. The Labute approximate surface area is 181 Å². The van der Waals surface area contributed by atoms with Crippen LogP contribution in [0.15, 0.2) is 29.6 Å². The lowest BCUT2D eigenvalue weighted by atomic mass is 10.2. The van der Waals surface area contributed by atoms with E-state index in [9.17, 15) is 4.79 Å². The number of halogens is 2. The molecule has 0 aliphatic heterocycles. The molecule has 13 heteroatoms. The highest BCUT2D eigenvalue weighted by atomic mass is 35.5. The molecule has 3 rings (SSSR count). The number of amides is 2. The molecule has 0 unspecified atom stereocenters. The van der Waals surface area contributed by atoms with Crippen LogP contribution in [0.3, 0.4) is 0 Å². The highest BCUT2D eigenvalue weighted by molar-refractivity contribution is 6.32. The van der Waals surface area contributed by atoms with Crippen LogP contribution in [0.4, 0.5) is 22.0 Å². The maximum absolute atomic E-state index is 12.5. The summed E-state index contributed by atoms with van der Waals surface area (Å²) in [4.78, 5) is 21.0. The van der Waals surface area contributed by atoms with Crippen LogP contribution in [-0.4, -0.2) is 45.1 Å². The summed E-state index contributed by atoms with van der Waals surface area (Å²) in [6.07, 6.45) is 5.32. The number of quaternary nitrogens is 1. The quantitative estimate of drug-likeness (QED) is 0.213. The van der Waals surface area contributed by atoms with Gasteiger partial charge in [0.05, 0.1) is 29.5 Å². The largest absolute Gasteiger partial charge is 0.323 e. The Kier molecular flexibility index (Phi) is 6.90. The number of nitrogens with zero attached hydrogens (tertiary/aromatic N) is 5. The highest BCUT2D eigenvalue weighted by Gasteiger charge is 2.18. The highest BCUT2D eigenvalue weighted by Crippen LogP contribution is 2.25. The molecule has 11 nitrogen and oxygen atoms in total. The van der Waals surface area contributed by atoms with Gasteiger partial charge in [-0.25, -0.2) is 14.3 Å². The number of nitrogens with two attached hydrogens (primary N) is 1. The molecular formula is C17H19Cl2N10O+. The van der Waals surface area contributed by atoms with Crippen molar-refractivity contribution in [3.63, 3.8) is 0 Å². The maximum Gasteiger partial charge on any atom is 0.323 e. The van der Waals surface area contributed by atoms with Gasteiger partial charge in [0.25, 0.3) is 5.82 Å². The minimum atomic E-state index is -0.504. The van der Waals surface area contributed by atoms with E-state index in [0.29, 0.717) is 38.7 Å². The number of hydrogen-bond donors (Lipinski definition) is 5. The molecule has 6 N–H and O–H groups in total. The lowest BCUT2D eigenvalue weighted by Gasteiger charge is -2.17. The molecule has 3 aromatic rings. The topological polar surface area (TPSA) is 149 Å². The first-order chi connectivity index (χ1) is 14.4. The third-order valence-electron chi connectivity index (χ3n) is 4.07. The minimum absolute atomic E-state index is 0.144. The number of anilines is 2. The zero-order chi connectivity index (χ0) is 21.7. The average molecular weight is 450 g/mol. The number of hydrogen-bond acceptors (Lipinski definition) is 7. The summed E-state index contributed by atoms with van der Waals surface area (Å²) in [5.74, 6) is 0.413. The molecule has 0 fully saturated rings. The Morgan fingerprint density at radius 2 is 2.10 bits per heavy atom. The van der Waals surface area contributed by atoms with E-state index in [1.54, 1.807) is 29.9 Å². The summed E-state index contributed by atoms with van der Waals surface area (Å²) in [7, 11) is 1.80. The van der Waals surface area contributed by atoms with E-state index in [1.807, 2.05) is 6.92 Å². The van der Waals surface area contributed by atoms with Gasteiger partial charge in [0.15, 0.2) is 10.8 Å². The third kappa shape index (κ3) is 4.89. The number of carbonyl (C=O) groups excluding carboxylic acids is 1. The first-order valence-corrected chi connectivity index (χ1v) is 9.49. The summed E-state index contributed by atoms with van der Waals surface area (Å²) in [5, 5.41) is 24.2. The predicted molar refractivity (Wildman–Crippen MR) is 116 cm³/mol. The van der Waals surface area contributed by atoms with Gasteiger partial charge in [-0.15, -0.1) is 0 Å². The Hall–Kier alpha value is -3.12. The molecule has 0 aliphatic rings. The van der Waals surface area contributed by atoms with Crippen molar-refractivity contribution in [2.24, 2.45) is 5.10 Å². The van der Waals surface area contributed by atoms with Crippen molar-refractivity contribution in [1.82, 2.24) is 24.9 Å². The molecule has 30 heavy (non-hydrogen) atoms. The van der Waals surface area contributed by atoms with E-state index < -0.39 is 6.03 Å². The van der Waals surface area contributed by atoms with E-state index >= 15 is 0 Å². The normalized spacial score (nSPS) is 12.3. The van der Waals surface area contributed by atoms with Crippen LogP contribution in [0, 0.1) is 5.41 Å². The van der Waals surface area contributed by atoms with Gasteiger partial charge in [0, 0.05) is 18.3 Å². The Morgan fingerprint density at radius 1 is 1.30 bits per heavy atom. The van der Waals surface area contributed by atoms with Crippen molar-refractivity contribution in [1.29, 1.82) is 5.41 Å². The van der Waals surface area contributed by atoms with Gasteiger partial charge in [-0.05, 0) is 20.0 Å². The fraction of sp³-hybridized carbons (Fsp3) is 0.176. The SMILES string of the molecule is CN[C@@H](C)c1c(NC(=O)Nc2cnc([NH2+]/N=C\C=N)c(Cl)c2)cnc2cc(Cl)nn12. The van der Waals surface area contributed by atoms with Crippen LogP contribution in [0.1, 0.15) is 18.7 Å². The lowest BCUT2D eigenvalue weighted by Crippen LogP contribution is -2.71. The summed E-state index contributed by atoms with van der Waals surface area (Å²) < 4.78 is 1.58. The molecule has 2 amide bonds. The second-order valence-electron chi connectivity index (χ2n) is 6.07. The zero-order valence-corrected chi connectivity index (χ0v) is 17.5. The van der Waals surface area contributed by atoms with Crippen LogP contribution in [0.25, 0.3) is 5.65 Å². The average Bonchev–Trinajstić information content (AvgIpc) is 3.09. The van der Waals surface area contributed by atoms with E-state index in [1.165, 1.54) is 17.8 Å². The number of pyridine rings is 1. The van der Waals surface area contributed by atoms with Gasteiger partial charge in [0.2, 0.25) is 0 Å². The molecule has 0 saturated carbocycles. The third-order valence-corrected chi connectivity index (χ3v) is 4.55. The molecule has 0 saturated heterocycles. The second-order valence-corrected chi connectivity index (χ2v) is 6.86. The first kappa shape index (κ1) is 21.6. The van der Waals surface area contributed by atoms with Crippen LogP contribution in [0.5, 0.6) is 0 Å². The Balaban J connectivity index is 1.79. The number of carbonyl (C=O) groups is 1. The number of rotatable bonds is 7. The maximum atomic E-state index is 12.5. The van der Waals surface area contributed by atoms with Crippen molar-refractivity contribution in [2.75, 3.05) is 17.7 Å². The summed E-state index contributed by atoms with van der Waals surface area (Å²) in [6.45, 7) is 1.92. The molecule has 3 heterocycles. The van der Waals surface area contributed by atoms with Crippen molar-refractivity contribution in [2.45, 2.75) is 13.0 Å². The summed E-state index contributed by atoms with van der Waals surface area (Å²) >= 11 is 12.2. The standard InChI is InChI=1S/C17H18Cl2N10O/c1-9(21-2)15-12(8-22-14-6-13(19)28-29(14)15)26-17(30)25-10-5-11(18)16(23-7-10)27-24-4-3-20/h3-9,20-21H,1-2H3,(H,23,27)(H2,25,26,30)/p+1/b20-3?,24-4-/t9-/m0/s1. The molecule has 0 spiro atoms. The van der Waals surface area contributed by atoms with Crippen LogP contribution in [0.2, 0.25) is 10.2 Å². The van der Waals surface area contributed by atoms with Crippen molar-refractivity contribution in [3.8, 4) is 0 Å². The van der Waals surface area contributed by atoms with E-state index in [-0.39, 0.29) is 6.04 Å². The summed E-state index contributed by atoms with van der Waals surface area (Å²) in [5.41, 5.74) is 3.53. The van der Waals surface area contributed by atoms with E-state index in [4.69, 9.17) is 28.6 Å². The summed E-state index contributed by atoms with van der Waals surface area (Å²) in [6, 6.07) is 2.53. The first-order valence-electron chi connectivity index (χ1n) is 8.73.